The third-order valence-corrected chi connectivity index (χ3v) is 4.79. The summed E-state index contributed by atoms with van der Waals surface area (Å²) < 4.78 is 27.7. The molecule has 0 aliphatic heterocycles. The Morgan fingerprint density at radius 1 is 1.47 bits per heavy atom. The van der Waals surface area contributed by atoms with Crippen LogP contribution in [0.3, 0.4) is 0 Å². The van der Waals surface area contributed by atoms with Gasteiger partial charge in [-0.2, -0.15) is 17.4 Å². The molecule has 1 aromatic rings. The Bertz CT molecular complexity index is 445. The van der Waals surface area contributed by atoms with Crippen molar-refractivity contribution in [2.45, 2.75) is 32.9 Å². The molecule has 8 heteroatoms. The van der Waals surface area contributed by atoms with Gasteiger partial charge in [0, 0.05) is 31.2 Å². The topological polar surface area (TPSA) is 74.3 Å². The lowest BCUT2D eigenvalue weighted by atomic mass is 10.3. The number of rotatable bonds is 9. The quantitative estimate of drug-likeness (QED) is 0.662. The van der Waals surface area contributed by atoms with Crippen molar-refractivity contribution in [3.8, 4) is 0 Å². The highest BCUT2D eigenvalue weighted by atomic mass is 32.2. The Kier molecular flexibility index (Phi) is 6.87. The van der Waals surface area contributed by atoms with Crippen molar-refractivity contribution >= 4 is 21.5 Å². The number of hydrogen-bond donors (Lipinski definition) is 2. The first kappa shape index (κ1) is 16.5. The Morgan fingerprint density at radius 3 is 2.79 bits per heavy atom. The molecule has 0 saturated carbocycles. The van der Waals surface area contributed by atoms with Crippen LogP contribution in [0.15, 0.2) is 11.6 Å². The van der Waals surface area contributed by atoms with E-state index in [1.165, 1.54) is 15.6 Å². The maximum Gasteiger partial charge on any atom is 0.279 e. The summed E-state index contributed by atoms with van der Waals surface area (Å²) in [6.07, 6.45) is 2.45. The van der Waals surface area contributed by atoms with Crippen molar-refractivity contribution in [3.05, 3.63) is 16.6 Å². The molecule has 6 nitrogen and oxygen atoms in total. The summed E-state index contributed by atoms with van der Waals surface area (Å²) in [7, 11) is -1.83. The molecule has 1 heterocycles. The van der Waals surface area contributed by atoms with Crippen LogP contribution in [0.25, 0.3) is 0 Å². The molecule has 0 saturated heterocycles. The number of hydrogen-bond acceptors (Lipinski definition) is 5. The Balaban J connectivity index is 2.30. The second-order valence-corrected chi connectivity index (χ2v) is 7.38. The monoisotopic (exact) mass is 306 g/mol. The highest BCUT2D eigenvalue weighted by Crippen LogP contribution is 2.04. The second-order valence-electron chi connectivity index (χ2n) is 4.54. The maximum atomic E-state index is 11.9. The van der Waals surface area contributed by atoms with E-state index in [0.29, 0.717) is 12.6 Å². The van der Waals surface area contributed by atoms with Crippen LogP contribution < -0.4 is 10.0 Å². The lowest BCUT2D eigenvalue weighted by molar-refractivity contribution is 0.439. The molecule has 0 radical (unpaired) electrons. The highest BCUT2D eigenvalue weighted by molar-refractivity contribution is 7.87. The minimum absolute atomic E-state index is 0.245. The molecule has 1 aromatic heterocycles. The first-order valence-corrected chi connectivity index (χ1v) is 8.56. The van der Waals surface area contributed by atoms with Crippen molar-refractivity contribution in [1.82, 2.24) is 19.3 Å². The summed E-state index contributed by atoms with van der Waals surface area (Å²) in [6, 6.07) is 0.421. The van der Waals surface area contributed by atoms with Crippen molar-refractivity contribution in [2.75, 3.05) is 20.1 Å². The summed E-state index contributed by atoms with van der Waals surface area (Å²) in [6.45, 7) is 5.68. The number of thiazole rings is 1. The highest BCUT2D eigenvalue weighted by Gasteiger charge is 2.16. The zero-order chi connectivity index (χ0) is 14.3. The zero-order valence-corrected chi connectivity index (χ0v) is 13.2. The first-order valence-electron chi connectivity index (χ1n) is 6.24. The fraction of sp³-hybridized carbons (Fsp3) is 0.727. The summed E-state index contributed by atoms with van der Waals surface area (Å²) >= 11 is 1.43. The molecule has 0 bridgehead atoms. The fourth-order valence-electron chi connectivity index (χ4n) is 1.42. The number of aromatic nitrogens is 1. The molecule has 2 N–H and O–H groups in total. The van der Waals surface area contributed by atoms with Crippen molar-refractivity contribution in [2.24, 2.45) is 0 Å². The molecule has 0 amide bonds. The van der Waals surface area contributed by atoms with Gasteiger partial charge >= 0.3 is 0 Å². The Labute approximate surface area is 119 Å². The van der Waals surface area contributed by atoms with E-state index in [9.17, 15) is 8.42 Å². The average molecular weight is 306 g/mol. The van der Waals surface area contributed by atoms with E-state index in [1.807, 2.05) is 5.38 Å². The summed E-state index contributed by atoms with van der Waals surface area (Å²) in [5.41, 5.74) is 0. The van der Waals surface area contributed by atoms with E-state index in [4.69, 9.17) is 0 Å². The van der Waals surface area contributed by atoms with E-state index >= 15 is 0 Å². The predicted octanol–water partition coefficient (Wildman–Crippen LogP) is 0.797. The maximum absolute atomic E-state index is 11.9. The van der Waals surface area contributed by atoms with Crippen LogP contribution in [0, 0.1) is 0 Å². The molecule has 0 spiro atoms. The van der Waals surface area contributed by atoms with Gasteiger partial charge in [0.1, 0.15) is 5.01 Å². The normalized spacial score (nSPS) is 12.5. The lowest BCUT2D eigenvalue weighted by Crippen LogP contribution is -2.39. The third kappa shape index (κ3) is 6.44. The zero-order valence-electron chi connectivity index (χ0n) is 11.6. The van der Waals surface area contributed by atoms with Gasteiger partial charge in [0.2, 0.25) is 0 Å². The van der Waals surface area contributed by atoms with E-state index in [0.717, 1.165) is 18.0 Å². The molecular weight excluding hydrogens is 284 g/mol. The molecular formula is C11H22N4O2S2. The summed E-state index contributed by atoms with van der Waals surface area (Å²) in [5.74, 6) is 0. The van der Waals surface area contributed by atoms with E-state index in [-0.39, 0.29) is 6.54 Å². The summed E-state index contributed by atoms with van der Waals surface area (Å²) in [4.78, 5) is 4.04. The number of nitrogens with one attached hydrogen (secondary N) is 2. The van der Waals surface area contributed by atoms with Crippen LogP contribution in [-0.2, 0) is 16.8 Å². The van der Waals surface area contributed by atoms with Crippen molar-refractivity contribution in [3.63, 3.8) is 0 Å². The van der Waals surface area contributed by atoms with Crippen LogP contribution in [-0.4, -0.2) is 43.9 Å². The van der Waals surface area contributed by atoms with Gasteiger partial charge in [-0.25, -0.2) is 4.98 Å². The van der Waals surface area contributed by atoms with Gasteiger partial charge in [0.25, 0.3) is 10.2 Å². The molecule has 0 aromatic carbocycles. The van der Waals surface area contributed by atoms with Crippen LogP contribution >= 0.6 is 11.3 Å². The minimum Gasteiger partial charge on any atom is -0.314 e. The largest absolute Gasteiger partial charge is 0.314 e. The van der Waals surface area contributed by atoms with Crippen LogP contribution in [0.2, 0.25) is 0 Å². The average Bonchev–Trinajstić information content (AvgIpc) is 2.84. The molecule has 19 heavy (non-hydrogen) atoms. The van der Waals surface area contributed by atoms with E-state index in [2.05, 4.69) is 28.9 Å². The van der Waals surface area contributed by atoms with Crippen molar-refractivity contribution < 1.29 is 8.42 Å². The standard InChI is InChI=1S/C11H22N4O2S2/c1-10(2)12-5-4-7-15(3)19(16,17)14-9-11-13-6-8-18-11/h6,8,10,12,14H,4-5,7,9H2,1-3H3. The van der Waals surface area contributed by atoms with Gasteiger partial charge in [0.05, 0.1) is 6.54 Å². The lowest BCUT2D eigenvalue weighted by Gasteiger charge is -2.17. The Hall–Kier alpha value is -0.540. The second kappa shape index (κ2) is 7.91. The molecule has 110 valence electrons. The molecule has 0 aliphatic rings. The fourth-order valence-corrected chi connectivity index (χ4v) is 2.97. The van der Waals surface area contributed by atoms with Crippen LogP contribution in [0.5, 0.6) is 0 Å². The Morgan fingerprint density at radius 2 is 2.21 bits per heavy atom. The van der Waals surface area contributed by atoms with Gasteiger partial charge in [-0.1, -0.05) is 13.8 Å². The molecule has 0 atom stereocenters. The van der Waals surface area contributed by atoms with Crippen molar-refractivity contribution in [1.29, 1.82) is 0 Å². The minimum atomic E-state index is -3.41. The number of nitrogens with zero attached hydrogens (tertiary/aromatic N) is 2. The first-order chi connectivity index (χ1) is 8.92. The molecule has 0 unspecified atom stereocenters. The van der Waals surface area contributed by atoms with Gasteiger partial charge in [-0.3, -0.25) is 0 Å². The molecule has 0 fully saturated rings. The SMILES string of the molecule is CC(C)NCCCN(C)S(=O)(=O)NCc1nccs1. The van der Waals surface area contributed by atoms with Crippen LogP contribution in [0.1, 0.15) is 25.3 Å². The van der Waals surface area contributed by atoms with E-state index in [1.54, 1.807) is 13.2 Å². The molecule has 0 aliphatic carbocycles. The predicted molar refractivity (Wildman–Crippen MR) is 78.3 cm³/mol. The van der Waals surface area contributed by atoms with Gasteiger partial charge in [-0.15, -0.1) is 11.3 Å². The van der Waals surface area contributed by atoms with Crippen LogP contribution in [0.4, 0.5) is 0 Å². The van der Waals surface area contributed by atoms with Gasteiger partial charge in [0.15, 0.2) is 0 Å². The molecule has 1 rings (SSSR count). The van der Waals surface area contributed by atoms with Gasteiger partial charge < -0.3 is 5.32 Å². The summed E-state index contributed by atoms with van der Waals surface area (Å²) in [5, 5.41) is 5.84. The third-order valence-electron chi connectivity index (χ3n) is 2.50. The van der Waals surface area contributed by atoms with E-state index < -0.39 is 10.2 Å². The smallest absolute Gasteiger partial charge is 0.279 e. The van der Waals surface area contributed by atoms with Gasteiger partial charge in [-0.05, 0) is 13.0 Å².